The van der Waals surface area contributed by atoms with Crippen molar-refractivity contribution in [2.24, 2.45) is 0 Å². The fourth-order valence-electron chi connectivity index (χ4n) is 1.82. The number of nitrogens with one attached hydrogen (secondary N) is 2. The molecule has 120 valence electrons. The van der Waals surface area contributed by atoms with Crippen LogP contribution in [0, 0.1) is 6.92 Å². The second-order valence-corrected chi connectivity index (χ2v) is 6.41. The van der Waals surface area contributed by atoms with Crippen molar-refractivity contribution >= 4 is 21.9 Å². The largest absolute Gasteiger partial charge is 0.478 e. The predicted molar refractivity (Wildman–Crippen MR) is 82.4 cm³/mol. The van der Waals surface area contributed by atoms with Crippen LogP contribution in [0.25, 0.3) is 0 Å². The molecule has 23 heavy (non-hydrogen) atoms. The molecule has 2 aromatic rings. The summed E-state index contributed by atoms with van der Waals surface area (Å²) in [7, 11) is -3.94. The number of sulfonamides is 1. The highest BCUT2D eigenvalue weighted by molar-refractivity contribution is 7.89. The molecule has 2 aromatic carbocycles. The van der Waals surface area contributed by atoms with Gasteiger partial charge in [0.05, 0.1) is 16.0 Å². The number of carboxylic acid groups (broad SMARTS) is 1. The maximum atomic E-state index is 12.1. The highest BCUT2D eigenvalue weighted by Gasteiger charge is 2.19. The highest BCUT2D eigenvalue weighted by Crippen LogP contribution is 2.10. The van der Waals surface area contributed by atoms with Crippen LogP contribution in [0.2, 0.25) is 0 Å². The molecule has 2 rings (SSSR count). The smallest absolute Gasteiger partial charge is 0.336 e. The number of carbonyl (C=O) groups is 2. The van der Waals surface area contributed by atoms with Gasteiger partial charge in [0.2, 0.25) is 0 Å². The van der Waals surface area contributed by atoms with Crippen molar-refractivity contribution in [2.45, 2.75) is 11.8 Å². The number of rotatable bonds is 5. The third kappa shape index (κ3) is 3.93. The van der Waals surface area contributed by atoms with E-state index in [1.165, 1.54) is 36.4 Å². The van der Waals surface area contributed by atoms with Crippen molar-refractivity contribution < 1.29 is 23.1 Å². The molecule has 0 saturated heterocycles. The van der Waals surface area contributed by atoms with Crippen molar-refractivity contribution in [3.8, 4) is 0 Å². The zero-order valence-corrected chi connectivity index (χ0v) is 12.9. The average molecular weight is 334 g/mol. The fraction of sp³-hybridized carbons (Fsp3) is 0.0667. The Hall–Kier alpha value is -2.71. The summed E-state index contributed by atoms with van der Waals surface area (Å²) in [6, 6.07) is 11.5. The van der Waals surface area contributed by atoms with Crippen molar-refractivity contribution in [1.29, 1.82) is 0 Å². The monoisotopic (exact) mass is 334 g/mol. The molecule has 0 fully saturated rings. The number of hydrogen-bond donors (Lipinski definition) is 3. The molecule has 0 aliphatic rings. The van der Waals surface area contributed by atoms with E-state index in [2.05, 4.69) is 0 Å². The van der Waals surface area contributed by atoms with Gasteiger partial charge in [0.25, 0.3) is 15.9 Å². The minimum Gasteiger partial charge on any atom is -0.478 e. The Bertz CT molecular complexity index is 844. The zero-order chi connectivity index (χ0) is 17.0. The normalized spacial score (nSPS) is 11.0. The third-order valence-electron chi connectivity index (χ3n) is 3.03. The van der Waals surface area contributed by atoms with Crippen LogP contribution in [0.1, 0.15) is 26.3 Å². The summed E-state index contributed by atoms with van der Waals surface area (Å²) >= 11 is 0. The second-order valence-electron chi connectivity index (χ2n) is 4.72. The van der Waals surface area contributed by atoms with E-state index < -0.39 is 21.9 Å². The molecular formula is C15H14N2O5S. The summed E-state index contributed by atoms with van der Waals surface area (Å²) in [6.45, 7) is 1.81. The number of hydrazine groups is 1. The van der Waals surface area contributed by atoms with Gasteiger partial charge in [-0.25, -0.2) is 13.2 Å². The molecule has 8 heteroatoms. The summed E-state index contributed by atoms with van der Waals surface area (Å²) in [5.41, 5.74) is 2.53. The molecule has 3 N–H and O–H groups in total. The topological polar surface area (TPSA) is 113 Å². The number of benzene rings is 2. The molecular weight excluding hydrogens is 320 g/mol. The van der Waals surface area contributed by atoms with Gasteiger partial charge in [0.1, 0.15) is 0 Å². The van der Waals surface area contributed by atoms with Gasteiger partial charge in [0.15, 0.2) is 0 Å². The van der Waals surface area contributed by atoms with E-state index in [-0.39, 0.29) is 16.0 Å². The van der Waals surface area contributed by atoms with Gasteiger partial charge >= 0.3 is 5.97 Å². The number of carbonyl (C=O) groups excluding carboxylic acids is 1. The van der Waals surface area contributed by atoms with Crippen LogP contribution in [-0.4, -0.2) is 25.4 Å². The lowest BCUT2D eigenvalue weighted by atomic mass is 10.1. The van der Waals surface area contributed by atoms with Crippen LogP contribution in [0.3, 0.4) is 0 Å². The van der Waals surface area contributed by atoms with Gasteiger partial charge in [-0.05, 0) is 31.2 Å². The van der Waals surface area contributed by atoms with Gasteiger partial charge in [-0.2, -0.15) is 0 Å². The minimum absolute atomic E-state index is 0.0186. The first-order chi connectivity index (χ1) is 10.8. The molecule has 0 aliphatic carbocycles. The van der Waals surface area contributed by atoms with Gasteiger partial charge < -0.3 is 5.11 Å². The molecule has 0 saturated carbocycles. The van der Waals surface area contributed by atoms with E-state index in [4.69, 9.17) is 5.11 Å². The quantitative estimate of drug-likeness (QED) is 0.714. The van der Waals surface area contributed by atoms with Crippen molar-refractivity contribution in [1.82, 2.24) is 10.3 Å². The van der Waals surface area contributed by atoms with Gasteiger partial charge in [-0.3, -0.25) is 10.2 Å². The summed E-state index contributed by atoms with van der Waals surface area (Å²) in [4.78, 5) is 25.0. The van der Waals surface area contributed by atoms with E-state index in [0.717, 1.165) is 5.56 Å². The Morgan fingerprint density at radius 1 is 0.957 bits per heavy atom. The lowest BCUT2D eigenvalue weighted by Gasteiger charge is -2.10. The lowest BCUT2D eigenvalue weighted by Crippen LogP contribution is -2.42. The van der Waals surface area contributed by atoms with Crippen LogP contribution in [0.5, 0.6) is 0 Å². The van der Waals surface area contributed by atoms with Crippen LogP contribution < -0.4 is 10.3 Å². The van der Waals surface area contributed by atoms with E-state index in [1.807, 2.05) is 17.2 Å². The Morgan fingerprint density at radius 2 is 1.52 bits per heavy atom. The van der Waals surface area contributed by atoms with Crippen LogP contribution in [-0.2, 0) is 10.0 Å². The predicted octanol–water partition coefficient (Wildman–Crippen LogP) is 1.32. The fourth-order valence-corrected chi connectivity index (χ4v) is 2.66. The summed E-state index contributed by atoms with van der Waals surface area (Å²) in [6.07, 6.45) is 0. The van der Waals surface area contributed by atoms with Crippen molar-refractivity contribution in [2.75, 3.05) is 0 Å². The number of amides is 1. The Morgan fingerprint density at radius 3 is 2.09 bits per heavy atom. The molecule has 0 unspecified atom stereocenters. The standard InChI is InChI=1S/C15H14N2O5S/c1-10-6-8-11(9-7-10)23(21,22)17-16-14(18)12-4-2-3-5-13(12)15(19)20/h2-9,17H,1H3,(H,16,18)(H,19,20). The molecule has 7 nitrogen and oxygen atoms in total. The molecule has 0 radical (unpaired) electrons. The maximum Gasteiger partial charge on any atom is 0.336 e. The molecule has 0 atom stereocenters. The van der Waals surface area contributed by atoms with Crippen LogP contribution in [0.4, 0.5) is 0 Å². The van der Waals surface area contributed by atoms with Crippen molar-refractivity contribution in [3.05, 3.63) is 65.2 Å². The van der Waals surface area contributed by atoms with E-state index in [1.54, 1.807) is 12.1 Å². The molecule has 0 spiro atoms. The summed E-state index contributed by atoms with van der Waals surface area (Å²) in [5, 5.41) is 9.03. The van der Waals surface area contributed by atoms with Crippen molar-refractivity contribution in [3.63, 3.8) is 0 Å². The molecule has 0 aromatic heterocycles. The maximum absolute atomic E-state index is 12.1. The molecule has 1 amide bonds. The summed E-state index contributed by atoms with van der Waals surface area (Å²) in [5.74, 6) is -2.14. The number of aromatic carboxylic acids is 1. The van der Waals surface area contributed by atoms with Gasteiger partial charge in [-0.1, -0.05) is 29.8 Å². The average Bonchev–Trinajstić information content (AvgIpc) is 2.53. The van der Waals surface area contributed by atoms with Gasteiger partial charge in [0, 0.05) is 0 Å². The van der Waals surface area contributed by atoms with Crippen LogP contribution >= 0.6 is 0 Å². The molecule has 0 bridgehead atoms. The molecule has 0 heterocycles. The first kappa shape index (κ1) is 16.7. The third-order valence-corrected chi connectivity index (χ3v) is 4.30. The highest BCUT2D eigenvalue weighted by atomic mass is 32.2. The zero-order valence-electron chi connectivity index (χ0n) is 12.1. The minimum atomic E-state index is -3.94. The number of carboxylic acids is 1. The Labute approximate surface area is 133 Å². The summed E-state index contributed by atoms with van der Waals surface area (Å²) < 4.78 is 24.1. The Balaban J connectivity index is 2.16. The molecule has 0 aliphatic heterocycles. The Kier molecular flexibility index (Phi) is 4.77. The van der Waals surface area contributed by atoms with Gasteiger partial charge in [-0.15, -0.1) is 4.83 Å². The first-order valence-corrected chi connectivity index (χ1v) is 8.01. The van der Waals surface area contributed by atoms with E-state index in [9.17, 15) is 18.0 Å². The second kappa shape index (κ2) is 6.59. The lowest BCUT2D eigenvalue weighted by molar-refractivity contribution is 0.0691. The number of hydrogen-bond acceptors (Lipinski definition) is 4. The first-order valence-electron chi connectivity index (χ1n) is 6.52. The van der Waals surface area contributed by atoms with E-state index >= 15 is 0 Å². The van der Waals surface area contributed by atoms with E-state index in [0.29, 0.717) is 0 Å². The number of aryl methyl sites for hydroxylation is 1. The van der Waals surface area contributed by atoms with Crippen LogP contribution in [0.15, 0.2) is 53.4 Å². The SMILES string of the molecule is Cc1ccc(S(=O)(=O)NNC(=O)c2ccccc2C(=O)O)cc1.